The maximum Gasteiger partial charge on any atom is 0.245 e. The van der Waals surface area contributed by atoms with Crippen molar-refractivity contribution in [2.45, 2.75) is 13.3 Å². The predicted octanol–water partition coefficient (Wildman–Crippen LogP) is -6.67. The van der Waals surface area contributed by atoms with Crippen molar-refractivity contribution >= 4 is 11.6 Å². The van der Waals surface area contributed by atoms with Gasteiger partial charge < -0.3 is 0 Å². The van der Waals surface area contributed by atoms with E-state index in [0.29, 0.717) is 0 Å². The number of carbonyl (C=O) groups excluding carboxylic acids is 1. The van der Waals surface area contributed by atoms with Crippen LogP contribution in [0.15, 0.2) is 0 Å². The molecule has 0 heterocycles. The predicted molar refractivity (Wildman–Crippen MR) is 26.4 cm³/mol. The second-order valence-electron chi connectivity index (χ2n) is 1.83. The minimum absolute atomic E-state index is 0.000000000000000444. The fraction of sp³-hybridized carbons (Fsp3) is 0.500. The molecule has 0 rings (SSSR count). The molecule has 0 atom stereocenters. The monoisotopic (exact) mass is 200 g/mol. The third-order valence-corrected chi connectivity index (χ3v) is 0.453. The first-order valence-electron chi connectivity index (χ1n) is 2.61. The van der Waals surface area contributed by atoms with E-state index in [-0.39, 0.29) is 18.0 Å². The minimum Gasteiger partial charge on any atom is -0.299 e. The van der Waals surface area contributed by atoms with Gasteiger partial charge in [-0.2, -0.15) is 0 Å². The van der Waals surface area contributed by atoms with Crippen LogP contribution in [0.25, 0.3) is 0 Å². The summed E-state index contributed by atoms with van der Waals surface area (Å²) in [6, 6.07) is 0. The SMILES string of the molecule is CC(=O)CC(N)=[NH2+].[O-][Cl+3]([O-])([O-])[O-]. The lowest BCUT2D eigenvalue weighted by Gasteiger charge is -2.17. The van der Waals surface area contributed by atoms with Gasteiger partial charge in [-0.15, -0.1) is 10.2 Å². The van der Waals surface area contributed by atoms with Crippen molar-refractivity contribution in [3.63, 3.8) is 0 Å². The smallest absolute Gasteiger partial charge is 0.245 e. The summed E-state index contributed by atoms with van der Waals surface area (Å²) in [5.74, 6) is 0.188. The van der Waals surface area contributed by atoms with Gasteiger partial charge in [0.25, 0.3) is 0 Å². The van der Waals surface area contributed by atoms with Gasteiger partial charge in [0.1, 0.15) is 12.2 Å². The van der Waals surface area contributed by atoms with Crippen molar-refractivity contribution in [3.8, 4) is 0 Å². The summed E-state index contributed by atoms with van der Waals surface area (Å²) < 4.78 is 34.0. The summed E-state index contributed by atoms with van der Waals surface area (Å²) in [4.78, 5) is 10.1. The zero-order chi connectivity index (χ0) is 10.4. The van der Waals surface area contributed by atoms with Gasteiger partial charge in [0.2, 0.25) is 5.84 Å². The largest absolute Gasteiger partial charge is 0.299 e. The zero-order valence-electron chi connectivity index (χ0n) is 6.28. The minimum atomic E-state index is -4.94. The molecule has 0 aliphatic carbocycles. The molecule has 0 amide bonds. The second-order valence-corrected chi connectivity index (χ2v) is 2.59. The van der Waals surface area contributed by atoms with Crippen LogP contribution in [-0.4, -0.2) is 11.6 Å². The molecule has 0 aromatic heterocycles. The van der Waals surface area contributed by atoms with E-state index >= 15 is 0 Å². The van der Waals surface area contributed by atoms with Gasteiger partial charge in [-0.25, -0.2) is 18.6 Å². The lowest BCUT2D eigenvalue weighted by molar-refractivity contribution is -2.00. The molecule has 0 aliphatic heterocycles. The summed E-state index contributed by atoms with van der Waals surface area (Å²) in [6.07, 6.45) is 0.194. The molecular weight excluding hydrogens is 192 g/mol. The molecule has 0 saturated heterocycles. The summed E-state index contributed by atoms with van der Waals surface area (Å²) in [7, 11) is -4.94. The number of Topliss-reactive ketones (excluding diaryl/α,β-unsaturated/α-hetero) is 1. The summed E-state index contributed by atoms with van der Waals surface area (Å²) in [5.41, 5.74) is 4.97. The van der Waals surface area contributed by atoms with Crippen LogP contribution in [0.4, 0.5) is 0 Å². The van der Waals surface area contributed by atoms with Crippen molar-refractivity contribution in [1.29, 1.82) is 0 Å². The maximum atomic E-state index is 10.1. The summed E-state index contributed by atoms with van der Waals surface area (Å²) in [6.45, 7) is 1.44. The molecule has 7 nitrogen and oxygen atoms in total. The number of carbonyl (C=O) groups is 1. The van der Waals surface area contributed by atoms with Gasteiger partial charge in [-0.3, -0.25) is 15.9 Å². The molecule has 0 aliphatic rings. The molecule has 0 bridgehead atoms. The lowest BCUT2D eigenvalue weighted by Crippen LogP contribution is -2.68. The molecule has 0 aromatic carbocycles. The molecule has 0 spiro atoms. The van der Waals surface area contributed by atoms with Crippen LogP contribution in [0, 0.1) is 10.2 Å². The van der Waals surface area contributed by atoms with Crippen LogP contribution in [0.2, 0.25) is 0 Å². The normalized spacial score (nSPS) is 9.75. The summed E-state index contributed by atoms with van der Waals surface area (Å²) >= 11 is 0. The Labute approximate surface area is 70.7 Å². The van der Waals surface area contributed by atoms with E-state index < -0.39 is 10.2 Å². The highest BCUT2D eigenvalue weighted by molar-refractivity contribution is 5.95. The Bertz CT molecular complexity index is 147. The highest BCUT2D eigenvalue weighted by atomic mass is 35.7. The fourth-order valence-electron chi connectivity index (χ4n) is 0.287. The van der Waals surface area contributed by atoms with E-state index in [9.17, 15) is 4.79 Å². The van der Waals surface area contributed by atoms with Gasteiger partial charge in [-0.05, 0) is 6.92 Å². The number of halogens is 1. The van der Waals surface area contributed by atoms with E-state index in [1.807, 2.05) is 0 Å². The second kappa shape index (κ2) is 5.86. The van der Waals surface area contributed by atoms with Gasteiger partial charge in [0.15, 0.2) is 0 Å². The highest BCUT2D eigenvalue weighted by Gasteiger charge is 1.97. The molecule has 4 N–H and O–H groups in total. The third kappa shape index (κ3) is 59.3. The van der Waals surface area contributed by atoms with Crippen LogP contribution in [0.3, 0.4) is 0 Å². The summed E-state index contributed by atoms with van der Waals surface area (Å²) in [5, 5.41) is 4.97. The Morgan fingerprint density at radius 2 is 1.67 bits per heavy atom. The van der Waals surface area contributed by atoms with Crippen LogP contribution in [-0.2, 0) is 4.79 Å². The number of hydrogen-bond acceptors (Lipinski definition) is 5. The number of hydrogen-bond donors (Lipinski definition) is 2. The standard InChI is InChI=1S/C4H8N2O.ClHO4/c1-3(7)2-4(5)6;2-1(3,4)5/h2H2,1H3,(H3,5,6);(H,2,3,4,5). The van der Waals surface area contributed by atoms with E-state index in [1.165, 1.54) is 6.92 Å². The van der Waals surface area contributed by atoms with E-state index in [4.69, 9.17) is 29.8 Å². The lowest BCUT2D eigenvalue weighted by atomic mass is 10.3. The number of ketones is 1. The molecule has 72 valence electrons. The van der Waals surface area contributed by atoms with E-state index in [1.54, 1.807) is 0 Å². The Balaban J connectivity index is 0. The van der Waals surface area contributed by atoms with Crippen molar-refractivity contribution in [1.82, 2.24) is 0 Å². The van der Waals surface area contributed by atoms with Crippen molar-refractivity contribution in [2.24, 2.45) is 5.73 Å². The average molecular weight is 201 g/mol. The maximum absolute atomic E-state index is 10.1. The number of amidine groups is 1. The fourth-order valence-corrected chi connectivity index (χ4v) is 0.287. The number of rotatable bonds is 2. The van der Waals surface area contributed by atoms with Gasteiger partial charge in [-0.1, -0.05) is 0 Å². The van der Waals surface area contributed by atoms with Crippen LogP contribution in [0.1, 0.15) is 13.3 Å². The van der Waals surface area contributed by atoms with E-state index in [2.05, 4.69) is 0 Å². The zero-order valence-corrected chi connectivity index (χ0v) is 7.04. The molecule has 12 heavy (non-hydrogen) atoms. The quantitative estimate of drug-likeness (QED) is 0.333. The van der Waals surface area contributed by atoms with Crippen LogP contribution in [0.5, 0.6) is 0 Å². The Morgan fingerprint density at radius 1 is 1.42 bits per heavy atom. The van der Waals surface area contributed by atoms with Crippen molar-refractivity contribution < 1.29 is 39.1 Å². The van der Waals surface area contributed by atoms with Crippen LogP contribution >= 0.6 is 0 Å². The van der Waals surface area contributed by atoms with E-state index in [0.717, 1.165) is 0 Å². The molecule has 0 saturated carbocycles. The Kier molecular flexibility index (Phi) is 6.76. The molecule has 8 heteroatoms. The molecular formula is C4H9ClN2O5. The first-order valence-corrected chi connectivity index (χ1v) is 3.84. The van der Waals surface area contributed by atoms with Gasteiger partial charge >= 0.3 is 0 Å². The van der Waals surface area contributed by atoms with Gasteiger partial charge in [0, 0.05) is 0 Å². The van der Waals surface area contributed by atoms with Gasteiger partial charge in [0.05, 0.1) is 0 Å². The van der Waals surface area contributed by atoms with Crippen molar-refractivity contribution in [3.05, 3.63) is 0 Å². The topological polar surface area (TPSA) is 161 Å². The highest BCUT2D eigenvalue weighted by Crippen LogP contribution is 1.72. The first kappa shape index (κ1) is 13.8. The Hall–Kier alpha value is -0.730. The molecule has 0 radical (unpaired) electrons. The van der Waals surface area contributed by atoms with Crippen LogP contribution < -0.4 is 29.8 Å². The first-order chi connectivity index (χ1) is 5.13. The molecule has 0 aromatic rings. The molecule has 0 unspecified atom stereocenters. The number of nitrogens with two attached hydrogens (primary N) is 2. The third-order valence-electron chi connectivity index (χ3n) is 0.453. The van der Waals surface area contributed by atoms with Crippen molar-refractivity contribution in [2.75, 3.05) is 0 Å². The molecule has 0 fully saturated rings. The average Bonchev–Trinajstić information content (AvgIpc) is 1.52. The Morgan fingerprint density at radius 3 is 1.67 bits per heavy atom.